The van der Waals surface area contributed by atoms with Crippen LogP contribution in [-0.2, 0) is 0 Å². The molecule has 1 aromatic carbocycles. The van der Waals surface area contributed by atoms with Crippen LogP contribution in [0.3, 0.4) is 0 Å². The van der Waals surface area contributed by atoms with E-state index in [0.717, 1.165) is 23.4 Å². The van der Waals surface area contributed by atoms with Crippen LogP contribution in [0.2, 0.25) is 0 Å². The molecule has 0 saturated carbocycles. The first-order chi connectivity index (χ1) is 7.63. The molecule has 0 aliphatic carbocycles. The van der Waals surface area contributed by atoms with Gasteiger partial charge in [0.15, 0.2) is 0 Å². The van der Waals surface area contributed by atoms with E-state index in [0.29, 0.717) is 6.04 Å². The second-order valence-corrected chi connectivity index (χ2v) is 4.96. The standard InChI is InChI=1S/C13H20BrNO/c1-4-11(2)15(3)9-10-16-13-7-5-12(14)6-8-13/h5-8,11H,4,9-10H2,1-3H3. The first kappa shape index (κ1) is 13.5. The van der Waals surface area contributed by atoms with Crippen molar-refractivity contribution in [3.63, 3.8) is 0 Å². The van der Waals surface area contributed by atoms with E-state index in [1.807, 2.05) is 24.3 Å². The molecule has 0 bridgehead atoms. The summed E-state index contributed by atoms with van der Waals surface area (Å²) in [6, 6.07) is 8.57. The predicted octanol–water partition coefficient (Wildman–Crippen LogP) is 3.56. The maximum Gasteiger partial charge on any atom is 0.119 e. The Kier molecular flexibility index (Phi) is 5.85. The van der Waals surface area contributed by atoms with Crippen LogP contribution < -0.4 is 4.74 Å². The molecule has 0 aliphatic heterocycles. The zero-order chi connectivity index (χ0) is 12.0. The third-order valence-electron chi connectivity index (χ3n) is 2.87. The van der Waals surface area contributed by atoms with E-state index in [-0.39, 0.29) is 0 Å². The van der Waals surface area contributed by atoms with E-state index < -0.39 is 0 Å². The predicted molar refractivity (Wildman–Crippen MR) is 72.0 cm³/mol. The van der Waals surface area contributed by atoms with Crippen molar-refractivity contribution in [2.75, 3.05) is 20.2 Å². The molecule has 1 rings (SSSR count). The molecule has 0 fully saturated rings. The fourth-order valence-corrected chi connectivity index (χ4v) is 1.63. The van der Waals surface area contributed by atoms with Crippen LogP contribution in [0.5, 0.6) is 5.75 Å². The Labute approximate surface area is 107 Å². The fraction of sp³-hybridized carbons (Fsp3) is 0.538. The molecule has 0 aromatic heterocycles. The third-order valence-corrected chi connectivity index (χ3v) is 3.40. The average molecular weight is 286 g/mol. The molecule has 0 radical (unpaired) electrons. The zero-order valence-electron chi connectivity index (χ0n) is 10.2. The number of halogens is 1. The van der Waals surface area contributed by atoms with Crippen LogP contribution in [0.15, 0.2) is 28.7 Å². The summed E-state index contributed by atoms with van der Waals surface area (Å²) >= 11 is 3.40. The lowest BCUT2D eigenvalue weighted by atomic mass is 10.2. The quantitative estimate of drug-likeness (QED) is 0.793. The molecule has 2 nitrogen and oxygen atoms in total. The molecule has 0 amide bonds. The maximum atomic E-state index is 5.66. The Balaban J connectivity index is 2.27. The highest BCUT2D eigenvalue weighted by molar-refractivity contribution is 9.10. The molecule has 90 valence electrons. The van der Waals surface area contributed by atoms with Gasteiger partial charge >= 0.3 is 0 Å². The van der Waals surface area contributed by atoms with E-state index >= 15 is 0 Å². The second-order valence-electron chi connectivity index (χ2n) is 4.04. The van der Waals surface area contributed by atoms with Crippen molar-refractivity contribution in [1.29, 1.82) is 0 Å². The molecular formula is C13H20BrNO. The van der Waals surface area contributed by atoms with Gasteiger partial charge in [0.1, 0.15) is 12.4 Å². The van der Waals surface area contributed by atoms with Gasteiger partial charge in [-0.05, 0) is 44.7 Å². The van der Waals surface area contributed by atoms with Crippen molar-refractivity contribution in [1.82, 2.24) is 4.90 Å². The minimum absolute atomic E-state index is 0.619. The minimum atomic E-state index is 0.619. The number of benzene rings is 1. The van der Waals surface area contributed by atoms with E-state index in [1.165, 1.54) is 6.42 Å². The fourth-order valence-electron chi connectivity index (χ4n) is 1.37. The normalized spacial score (nSPS) is 12.8. The van der Waals surface area contributed by atoms with Crippen molar-refractivity contribution in [2.45, 2.75) is 26.3 Å². The smallest absolute Gasteiger partial charge is 0.119 e. The van der Waals surface area contributed by atoms with Crippen LogP contribution in [-0.4, -0.2) is 31.1 Å². The summed E-state index contributed by atoms with van der Waals surface area (Å²) in [4.78, 5) is 2.32. The zero-order valence-corrected chi connectivity index (χ0v) is 11.8. The van der Waals surface area contributed by atoms with Crippen LogP contribution in [0.25, 0.3) is 0 Å². The number of hydrogen-bond donors (Lipinski definition) is 0. The molecule has 0 heterocycles. The topological polar surface area (TPSA) is 12.5 Å². The Morgan fingerprint density at radius 2 is 1.94 bits per heavy atom. The number of likely N-dealkylation sites (N-methyl/N-ethyl adjacent to an activating group) is 1. The maximum absolute atomic E-state index is 5.66. The van der Waals surface area contributed by atoms with Crippen molar-refractivity contribution < 1.29 is 4.74 Å². The molecule has 16 heavy (non-hydrogen) atoms. The van der Waals surface area contributed by atoms with Gasteiger partial charge in [-0.25, -0.2) is 0 Å². The second kappa shape index (κ2) is 6.92. The lowest BCUT2D eigenvalue weighted by Crippen LogP contribution is -2.32. The average Bonchev–Trinajstić information content (AvgIpc) is 2.30. The Bertz CT molecular complexity index is 299. The molecular weight excluding hydrogens is 266 g/mol. The molecule has 0 saturated heterocycles. The van der Waals surface area contributed by atoms with E-state index in [4.69, 9.17) is 4.74 Å². The van der Waals surface area contributed by atoms with Gasteiger partial charge in [-0.15, -0.1) is 0 Å². The van der Waals surface area contributed by atoms with Gasteiger partial charge < -0.3 is 9.64 Å². The summed E-state index contributed by atoms with van der Waals surface area (Å²) < 4.78 is 6.74. The Morgan fingerprint density at radius 1 is 1.31 bits per heavy atom. The van der Waals surface area contributed by atoms with E-state index in [1.54, 1.807) is 0 Å². The summed E-state index contributed by atoms with van der Waals surface area (Å²) in [6.45, 7) is 6.14. The summed E-state index contributed by atoms with van der Waals surface area (Å²) in [7, 11) is 2.14. The Hall–Kier alpha value is -0.540. The highest BCUT2D eigenvalue weighted by atomic mass is 79.9. The molecule has 3 heteroatoms. The molecule has 0 spiro atoms. The SMILES string of the molecule is CCC(C)N(C)CCOc1ccc(Br)cc1. The van der Waals surface area contributed by atoms with Crippen LogP contribution in [0.1, 0.15) is 20.3 Å². The summed E-state index contributed by atoms with van der Waals surface area (Å²) in [5.41, 5.74) is 0. The van der Waals surface area contributed by atoms with Crippen LogP contribution in [0, 0.1) is 0 Å². The molecule has 1 aromatic rings. The van der Waals surface area contributed by atoms with Gasteiger partial charge in [-0.3, -0.25) is 0 Å². The minimum Gasteiger partial charge on any atom is -0.492 e. The van der Waals surface area contributed by atoms with Gasteiger partial charge in [0.05, 0.1) is 0 Å². The van der Waals surface area contributed by atoms with Gasteiger partial charge in [-0.1, -0.05) is 22.9 Å². The number of nitrogens with zero attached hydrogens (tertiary/aromatic N) is 1. The van der Waals surface area contributed by atoms with E-state index in [9.17, 15) is 0 Å². The first-order valence-corrected chi connectivity index (χ1v) is 6.51. The highest BCUT2D eigenvalue weighted by Gasteiger charge is 2.05. The number of hydrogen-bond acceptors (Lipinski definition) is 2. The molecule has 0 aliphatic rings. The number of rotatable bonds is 6. The van der Waals surface area contributed by atoms with Gasteiger partial charge in [0.2, 0.25) is 0 Å². The van der Waals surface area contributed by atoms with Crippen molar-refractivity contribution in [3.8, 4) is 5.75 Å². The van der Waals surface area contributed by atoms with Crippen LogP contribution in [0.4, 0.5) is 0 Å². The molecule has 1 unspecified atom stereocenters. The summed E-state index contributed by atoms with van der Waals surface area (Å²) in [5.74, 6) is 0.931. The van der Waals surface area contributed by atoms with Gasteiger partial charge in [0, 0.05) is 17.1 Å². The van der Waals surface area contributed by atoms with Gasteiger partial charge in [-0.2, -0.15) is 0 Å². The van der Waals surface area contributed by atoms with Crippen molar-refractivity contribution >= 4 is 15.9 Å². The number of ether oxygens (including phenoxy) is 1. The Morgan fingerprint density at radius 3 is 2.50 bits per heavy atom. The van der Waals surface area contributed by atoms with Crippen LogP contribution >= 0.6 is 15.9 Å². The molecule has 1 atom stereocenters. The van der Waals surface area contributed by atoms with Crippen molar-refractivity contribution in [2.24, 2.45) is 0 Å². The largest absolute Gasteiger partial charge is 0.492 e. The monoisotopic (exact) mass is 285 g/mol. The van der Waals surface area contributed by atoms with Gasteiger partial charge in [0.25, 0.3) is 0 Å². The van der Waals surface area contributed by atoms with E-state index in [2.05, 4.69) is 41.7 Å². The van der Waals surface area contributed by atoms with Crippen molar-refractivity contribution in [3.05, 3.63) is 28.7 Å². The molecule has 0 N–H and O–H groups in total. The lowest BCUT2D eigenvalue weighted by molar-refractivity contribution is 0.196. The third kappa shape index (κ3) is 4.54. The first-order valence-electron chi connectivity index (χ1n) is 5.72. The highest BCUT2D eigenvalue weighted by Crippen LogP contribution is 2.15. The lowest BCUT2D eigenvalue weighted by Gasteiger charge is -2.23. The summed E-state index contributed by atoms with van der Waals surface area (Å²) in [5, 5.41) is 0. The summed E-state index contributed by atoms with van der Waals surface area (Å²) in [6.07, 6.45) is 1.18.